The molecule has 1 aromatic carbocycles. The van der Waals surface area contributed by atoms with Gasteiger partial charge in [-0.05, 0) is 12.1 Å². The highest BCUT2D eigenvalue weighted by molar-refractivity contribution is 5.87. The minimum absolute atomic E-state index is 0.607. The third-order valence-corrected chi connectivity index (χ3v) is 3.93. The first-order valence-electron chi connectivity index (χ1n) is 7.26. The summed E-state index contributed by atoms with van der Waals surface area (Å²) >= 11 is 0. The maximum atomic E-state index is 5.47. The number of nitrogens with zero attached hydrogens (tertiary/aromatic N) is 2. The topological polar surface area (TPSA) is 59.8 Å². The minimum Gasteiger partial charge on any atom is -0.493 e. The molecule has 21 heavy (non-hydrogen) atoms. The fourth-order valence-electron chi connectivity index (χ4n) is 2.75. The van der Waals surface area contributed by atoms with Crippen LogP contribution in [0.5, 0.6) is 11.5 Å². The van der Waals surface area contributed by atoms with Gasteiger partial charge in [-0.1, -0.05) is 5.16 Å². The fraction of sp³-hybridized carbons (Fsp3) is 0.533. The van der Waals surface area contributed by atoms with Gasteiger partial charge in [0.05, 0.1) is 19.9 Å². The number of rotatable bonds is 5. The standard InChI is InChI=1S/C15H21N3O3/c1-19-13-4-3-11-12(17-21-14(11)15(13)20-2)5-8-18-9-6-16-7-10-18/h3-4,16H,5-10H2,1-2H3. The Balaban J connectivity index is 1.80. The van der Waals surface area contributed by atoms with E-state index in [1.165, 1.54) is 0 Å². The average molecular weight is 291 g/mol. The molecular formula is C15H21N3O3. The van der Waals surface area contributed by atoms with Crippen LogP contribution < -0.4 is 14.8 Å². The van der Waals surface area contributed by atoms with E-state index < -0.39 is 0 Å². The second kappa shape index (κ2) is 6.32. The van der Waals surface area contributed by atoms with E-state index in [0.29, 0.717) is 17.1 Å². The Morgan fingerprint density at radius 1 is 1.24 bits per heavy atom. The van der Waals surface area contributed by atoms with Crippen molar-refractivity contribution in [2.24, 2.45) is 0 Å². The molecule has 1 fully saturated rings. The highest BCUT2D eigenvalue weighted by Gasteiger charge is 2.18. The smallest absolute Gasteiger partial charge is 0.212 e. The highest BCUT2D eigenvalue weighted by Crippen LogP contribution is 2.36. The van der Waals surface area contributed by atoms with E-state index in [0.717, 1.165) is 50.2 Å². The molecule has 0 aliphatic carbocycles. The SMILES string of the molecule is COc1ccc2c(CCN3CCNCC3)noc2c1OC. The second-order valence-electron chi connectivity index (χ2n) is 5.15. The van der Waals surface area contributed by atoms with E-state index in [4.69, 9.17) is 14.0 Å². The Morgan fingerprint density at radius 2 is 2.05 bits per heavy atom. The van der Waals surface area contributed by atoms with Crippen LogP contribution in [-0.4, -0.2) is 57.0 Å². The van der Waals surface area contributed by atoms with Crippen LogP contribution in [0.1, 0.15) is 5.69 Å². The number of ether oxygens (including phenoxy) is 2. The molecule has 2 aromatic rings. The van der Waals surface area contributed by atoms with Gasteiger partial charge in [0, 0.05) is 44.5 Å². The molecule has 0 bridgehead atoms. The number of benzene rings is 1. The summed E-state index contributed by atoms with van der Waals surface area (Å²) in [5, 5.41) is 8.57. The largest absolute Gasteiger partial charge is 0.493 e. The summed E-state index contributed by atoms with van der Waals surface area (Å²) < 4.78 is 16.1. The van der Waals surface area contributed by atoms with E-state index in [1.54, 1.807) is 14.2 Å². The van der Waals surface area contributed by atoms with E-state index in [1.807, 2.05) is 12.1 Å². The number of hydrogen-bond acceptors (Lipinski definition) is 6. The average Bonchev–Trinajstić information content (AvgIpc) is 2.96. The molecule has 1 aliphatic heterocycles. The van der Waals surface area contributed by atoms with Gasteiger partial charge in [-0.2, -0.15) is 0 Å². The molecule has 1 saturated heterocycles. The molecular weight excluding hydrogens is 270 g/mol. The van der Waals surface area contributed by atoms with Gasteiger partial charge in [0.1, 0.15) is 0 Å². The highest BCUT2D eigenvalue weighted by atomic mass is 16.5. The van der Waals surface area contributed by atoms with Crippen molar-refractivity contribution in [1.29, 1.82) is 0 Å². The Kier molecular flexibility index (Phi) is 4.26. The van der Waals surface area contributed by atoms with Crippen LogP contribution in [-0.2, 0) is 6.42 Å². The molecule has 1 N–H and O–H groups in total. The second-order valence-corrected chi connectivity index (χ2v) is 5.15. The summed E-state index contributed by atoms with van der Waals surface area (Å²) in [5.74, 6) is 1.27. The Labute approximate surface area is 124 Å². The van der Waals surface area contributed by atoms with Crippen molar-refractivity contribution >= 4 is 11.0 Å². The number of nitrogens with one attached hydrogen (secondary N) is 1. The van der Waals surface area contributed by atoms with Crippen molar-refractivity contribution in [2.75, 3.05) is 46.9 Å². The van der Waals surface area contributed by atoms with Crippen LogP contribution >= 0.6 is 0 Å². The zero-order valence-corrected chi connectivity index (χ0v) is 12.5. The van der Waals surface area contributed by atoms with Crippen LogP contribution in [0.4, 0.5) is 0 Å². The molecule has 114 valence electrons. The molecule has 0 radical (unpaired) electrons. The molecule has 0 saturated carbocycles. The molecule has 1 aliphatic rings. The lowest BCUT2D eigenvalue weighted by molar-refractivity contribution is 0.242. The molecule has 6 nitrogen and oxygen atoms in total. The maximum Gasteiger partial charge on any atom is 0.212 e. The summed E-state index contributed by atoms with van der Waals surface area (Å²) in [5.41, 5.74) is 1.64. The maximum absolute atomic E-state index is 5.47. The van der Waals surface area contributed by atoms with Crippen molar-refractivity contribution in [2.45, 2.75) is 6.42 Å². The predicted octanol–water partition coefficient (Wildman–Crippen LogP) is 1.29. The number of aromatic nitrogens is 1. The normalized spacial score (nSPS) is 16.3. The van der Waals surface area contributed by atoms with Crippen molar-refractivity contribution in [1.82, 2.24) is 15.4 Å². The minimum atomic E-state index is 0.607. The van der Waals surface area contributed by atoms with Crippen LogP contribution in [0.25, 0.3) is 11.0 Å². The van der Waals surface area contributed by atoms with Gasteiger partial charge in [0.15, 0.2) is 5.75 Å². The summed E-state index contributed by atoms with van der Waals surface area (Å²) in [6, 6.07) is 3.88. The summed E-state index contributed by atoms with van der Waals surface area (Å²) in [6.07, 6.45) is 0.877. The molecule has 3 rings (SSSR count). The van der Waals surface area contributed by atoms with Gasteiger partial charge in [0.25, 0.3) is 0 Å². The summed E-state index contributed by atoms with van der Waals surface area (Å²) in [7, 11) is 3.23. The van der Waals surface area contributed by atoms with Crippen LogP contribution in [0, 0.1) is 0 Å². The molecule has 0 spiro atoms. The number of methoxy groups -OCH3 is 2. The van der Waals surface area contributed by atoms with Gasteiger partial charge >= 0.3 is 0 Å². The molecule has 0 unspecified atom stereocenters. The monoisotopic (exact) mass is 291 g/mol. The zero-order chi connectivity index (χ0) is 14.7. The third kappa shape index (κ3) is 2.82. The lowest BCUT2D eigenvalue weighted by Crippen LogP contribution is -2.44. The van der Waals surface area contributed by atoms with E-state index in [2.05, 4.69) is 15.4 Å². The van der Waals surface area contributed by atoms with Gasteiger partial charge < -0.3 is 24.2 Å². The van der Waals surface area contributed by atoms with Crippen molar-refractivity contribution < 1.29 is 14.0 Å². The van der Waals surface area contributed by atoms with Gasteiger partial charge in [-0.3, -0.25) is 0 Å². The van der Waals surface area contributed by atoms with E-state index in [-0.39, 0.29) is 0 Å². The first-order chi connectivity index (χ1) is 10.3. The van der Waals surface area contributed by atoms with E-state index >= 15 is 0 Å². The Morgan fingerprint density at radius 3 is 2.76 bits per heavy atom. The molecule has 6 heteroatoms. The number of hydrogen-bond donors (Lipinski definition) is 1. The third-order valence-electron chi connectivity index (χ3n) is 3.93. The molecule has 2 heterocycles. The first-order valence-corrected chi connectivity index (χ1v) is 7.26. The van der Waals surface area contributed by atoms with E-state index in [9.17, 15) is 0 Å². The van der Waals surface area contributed by atoms with Gasteiger partial charge in [-0.15, -0.1) is 0 Å². The fourth-order valence-corrected chi connectivity index (χ4v) is 2.75. The van der Waals surface area contributed by atoms with Crippen LogP contribution in [0.2, 0.25) is 0 Å². The zero-order valence-electron chi connectivity index (χ0n) is 12.5. The van der Waals surface area contributed by atoms with Crippen molar-refractivity contribution in [3.05, 3.63) is 17.8 Å². The number of fused-ring (bicyclic) bond motifs is 1. The van der Waals surface area contributed by atoms with Gasteiger partial charge in [-0.25, -0.2) is 0 Å². The lowest BCUT2D eigenvalue weighted by atomic mass is 10.1. The predicted molar refractivity (Wildman–Crippen MR) is 80.1 cm³/mol. The van der Waals surface area contributed by atoms with Crippen LogP contribution in [0.3, 0.4) is 0 Å². The summed E-state index contributed by atoms with van der Waals surface area (Å²) in [4.78, 5) is 2.44. The molecule has 0 atom stereocenters. The quantitative estimate of drug-likeness (QED) is 0.896. The van der Waals surface area contributed by atoms with Crippen LogP contribution in [0.15, 0.2) is 16.7 Å². The number of piperazine rings is 1. The van der Waals surface area contributed by atoms with Crippen molar-refractivity contribution in [3.8, 4) is 11.5 Å². The Hall–Kier alpha value is -1.79. The molecule has 0 amide bonds. The summed E-state index contributed by atoms with van der Waals surface area (Å²) in [6.45, 7) is 5.30. The molecule has 1 aromatic heterocycles. The van der Waals surface area contributed by atoms with Gasteiger partial charge in [0.2, 0.25) is 11.3 Å². The first kappa shape index (κ1) is 14.2. The lowest BCUT2D eigenvalue weighted by Gasteiger charge is -2.26. The van der Waals surface area contributed by atoms with Crippen molar-refractivity contribution in [3.63, 3.8) is 0 Å². The Bertz CT molecular complexity index is 605.